The van der Waals surface area contributed by atoms with Gasteiger partial charge in [0.15, 0.2) is 0 Å². The van der Waals surface area contributed by atoms with Gasteiger partial charge in [0.25, 0.3) is 0 Å². The molecule has 5 heteroatoms. The quantitative estimate of drug-likeness (QED) is 0.897. The second kappa shape index (κ2) is 6.00. The number of benzene rings is 1. The number of rotatable bonds is 5. The van der Waals surface area contributed by atoms with Crippen molar-refractivity contribution in [3.8, 4) is 11.6 Å². The van der Waals surface area contributed by atoms with E-state index in [-0.39, 0.29) is 5.82 Å². The highest BCUT2D eigenvalue weighted by Crippen LogP contribution is 2.27. The monoisotopic (exact) mass is 306 g/mol. The molecule has 0 amide bonds. The van der Waals surface area contributed by atoms with Crippen LogP contribution in [0.4, 0.5) is 4.39 Å². The van der Waals surface area contributed by atoms with Crippen molar-refractivity contribution in [1.82, 2.24) is 10.3 Å². The Morgan fingerprint density at radius 3 is 2.90 bits per heavy atom. The molecule has 1 fully saturated rings. The zero-order valence-electron chi connectivity index (χ0n) is 11.7. The lowest BCUT2D eigenvalue weighted by atomic mass is 10.2. The predicted octanol–water partition coefficient (Wildman–Crippen LogP) is 4.23. The summed E-state index contributed by atoms with van der Waals surface area (Å²) in [5, 5.41) is 4.02. The zero-order valence-corrected chi connectivity index (χ0v) is 12.5. The fourth-order valence-corrected chi connectivity index (χ4v) is 2.20. The van der Waals surface area contributed by atoms with E-state index in [9.17, 15) is 4.39 Å². The number of nitrogens with one attached hydrogen (secondary N) is 1. The van der Waals surface area contributed by atoms with Gasteiger partial charge in [-0.05, 0) is 49.1 Å². The van der Waals surface area contributed by atoms with Gasteiger partial charge in [0.2, 0.25) is 5.88 Å². The van der Waals surface area contributed by atoms with E-state index < -0.39 is 0 Å². The summed E-state index contributed by atoms with van der Waals surface area (Å²) in [5.74, 6) is 0.771. The molecular weight excluding hydrogens is 291 g/mol. The van der Waals surface area contributed by atoms with Crippen molar-refractivity contribution in [2.24, 2.45) is 0 Å². The van der Waals surface area contributed by atoms with E-state index >= 15 is 0 Å². The third-order valence-corrected chi connectivity index (χ3v) is 3.76. The average Bonchev–Trinajstić information content (AvgIpc) is 3.26. The standard InChI is InChI=1S/C16H16ClFN2O/c1-10-6-12(18)2-5-15(10)21-16-7-11(14(17)9-20-16)8-19-13-3-4-13/h2,5-7,9,13,19H,3-4,8H2,1H3. The molecular formula is C16H16ClFN2O. The molecule has 3 nitrogen and oxygen atoms in total. The van der Waals surface area contributed by atoms with Gasteiger partial charge >= 0.3 is 0 Å². The van der Waals surface area contributed by atoms with Crippen molar-refractivity contribution >= 4 is 11.6 Å². The predicted molar refractivity (Wildman–Crippen MR) is 80.3 cm³/mol. The van der Waals surface area contributed by atoms with Crippen molar-refractivity contribution < 1.29 is 9.13 Å². The summed E-state index contributed by atoms with van der Waals surface area (Å²) in [5.41, 5.74) is 1.68. The Morgan fingerprint density at radius 2 is 2.19 bits per heavy atom. The van der Waals surface area contributed by atoms with Crippen LogP contribution < -0.4 is 10.1 Å². The van der Waals surface area contributed by atoms with Crippen LogP contribution in [-0.4, -0.2) is 11.0 Å². The van der Waals surface area contributed by atoms with Crippen LogP contribution in [0.2, 0.25) is 5.02 Å². The third-order valence-electron chi connectivity index (χ3n) is 3.42. The summed E-state index contributed by atoms with van der Waals surface area (Å²) in [6.45, 7) is 2.49. The van der Waals surface area contributed by atoms with E-state index in [1.165, 1.54) is 25.0 Å². The summed E-state index contributed by atoms with van der Waals surface area (Å²) < 4.78 is 18.8. The number of hydrogen-bond acceptors (Lipinski definition) is 3. The maximum atomic E-state index is 13.1. The Labute approximate surface area is 128 Å². The molecule has 1 heterocycles. The molecule has 0 atom stereocenters. The number of aryl methyl sites for hydroxylation is 1. The Bertz CT molecular complexity index is 659. The molecule has 1 aromatic heterocycles. The van der Waals surface area contributed by atoms with E-state index in [1.54, 1.807) is 19.2 Å². The highest BCUT2D eigenvalue weighted by molar-refractivity contribution is 6.31. The van der Waals surface area contributed by atoms with Crippen LogP contribution in [0.25, 0.3) is 0 Å². The average molecular weight is 307 g/mol. The minimum atomic E-state index is -0.279. The van der Waals surface area contributed by atoms with Gasteiger partial charge in [0.05, 0.1) is 5.02 Å². The maximum absolute atomic E-state index is 13.1. The first-order valence-corrected chi connectivity index (χ1v) is 7.31. The van der Waals surface area contributed by atoms with Crippen molar-refractivity contribution in [2.75, 3.05) is 0 Å². The summed E-state index contributed by atoms with van der Waals surface area (Å²) in [4.78, 5) is 4.16. The summed E-state index contributed by atoms with van der Waals surface area (Å²) >= 11 is 6.15. The van der Waals surface area contributed by atoms with Crippen molar-refractivity contribution in [2.45, 2.75) is 32.4 Å². The van der Waals surface area contributed by atoms with Crippen LogP contribution in [0.1, 0.15) is 24.0 Å². The molecule has 2 aromatic rings. The molecule has 21 heavy (non-hydrogen) atoms. The highest BCUT2D eigenvalue weighted by atomic mass is 35.5. The molecule has 1 aliphatic rings. The normalized spacial score (nSPS) is 14.2. The first kappa shape index (κ1) is 14.3. The molecule has 110 valence electrons. The van der Waals surface area contributed by atoms with E-state index in [1.807, 2.05) is 6.07 Å². The van der Waals surface area contributed by atoms with Crippen LogP contribution in [0.3, 0.4) is 0 Å². The number of halogens is 2. The van der Waals surface area contributed by atoms with Gasteiger partial charge in [0.1, 0.15) is 11.6 Å². The lowest BCUT2D eigenvalue weighted by molar-refractivity contribution is 0.456. The Morgan fingerprint density at radius 1 is 1.38 bits per heavy atom. The van der Waals surface area contributed by atoms with E-state index in [4.69, 9.17) is 16.3 Å². The Balaban J connectivity index is 1.76. The molecule has 3 rings (SSSR count). The largest absolute Gasteiger partial charge is 0.439 e. The number of hydrogen-bond donors (Lipinski definition) is 1. The molecule has 0 unspecified atom stereocenters. The lowest BCUT2D eigenvalue weighted by Gasteiger charge is -2.10. The fraction of sp³-hybridized carbons (Fsp3) is 0.312. The minimum absolute atomic E-state index is 0.279. The van der Waals surface area contributed by atoms with Gasteiger partial charge in [-0.3, -0.25) is 0 Å². The van der Waals surface area contributed by atoms with Gasteiger partial charge in [-0.2, -0.15) is 0 Å². The van der Waals surface area contributed by atoms with E-state index in [2.05, 4.69) is 10.3 Å². The van der Waals surface area contributed by atoms with Crippen LogP contribution >= 0.6 is 11.6 Å². The van der Waals surface area contributed by atoms with Gasteiger partial charge < -0.3 is 10.1 Å². The summed E-state index contributed by atoms with van der Waals surface area (Å²) in [7, 11) is 0. The van der Waals surface area contributed by atoms with Gasteiger partial charge in [-0.15, -0.1) is 0 Å². The van der Waals surface area contributed by atoms with Gasteiger partial charge in [0, 0.05) is 24.8 Å². The smallest absolute Gasteiger partial charge is 0.219 e. The number of pyridine rings is 1. The maximum Gasteiger partial charge on any atom is 0.219 e. The van der Waals surface area contributed by atoms with Gasteiger partial charge in [-0.25, -0.2) is 9.37 Å². The second-order valence-electron chi connectivity index (χ2n) is 5.28. The Hall–Kier alpha value is -1.65. The van der Waals surface area contributed by atoms with Crippen molar-refractivity contribution in [3.63, 3.8) is 0 Å². The van der Waals surface area contributed by atoms with E-state index in [0.29, 0.717) is 29.2 Å². The first-order valence-electron chi connectivity index (χ1n) is 6.93. The first-order chi connectivity index (χ1) is 10.1. The molecule has 1 aliphatic carbocycles. The molecule has 0 saturated heterocycles. The van der Waals surface area contributed by atoms with Crippen molar-refractivity contribution in [3.05, 3.63) is 52.4 Å². The second-order valence-corrected chi connectivity index (χ2v) is 5.69. The minimum Gasteiger partial charge on any atom is -0.439 e. The van der Waals surface area contributed by atoms with E-state index in [0.717, 1.165) is 11.1 Å². The fourth-order valence-electron chi connectivity index (χ4n) is 2.03. The molecule has 0 radical (unpaired) electrons. The van der Waals surface area contributed by atoms with Gasteiger partial charge in [-0.1, -0.05) is 11.6 Å². The molecule has 1 aromatic carbocycles. The van der Waals surface area contributed by atoms with Crippen LogP contribution in [0, 0.1) is 12.7 Å². The number of nitrogens with zero attached hydrogens (tertiary/aromatic N) is 1. The van der Waals surface area contributed by atoms with Crippen molar-refractivity contribution in [1.29, 1.82) is 0 Å². The summed E-state index contributed by atoms with van der Waals surface area (Å²) in [6.07, 6.45) is 4.03. The molecule has 0 bridgehead atoms. The third kappa shape index (κ3) is 3.71. The summed E-state index contributed by atoms with van der Waals surface area (Å²) in [6, 6.07) is 6.83. The SMILES string of the molecule is Cc1cc(F)ccc1Oc1cc(CNC2CC2)c(Cl)cn1. The Kier molecular flexibility index (Phi) is 4.08. The van der Waals surface area contributed by atoms with Crippen LogP contribution in [0.5, 0.6) is 11.6 Å². The highest BCUT2D eigenvalue weighted by Gasteiger charge is 2.20. The molecule has 1 saturated carbocycles. The topological polar surface area (TPSA) is 34.1 Å². The molecule has 1 N–H and O–H groups in total. The molecule has 0 aliphatic heterocycles. The number of ether oxygens (including phenoxy) is 1. The zero-order chi connectivity index (χ0) is 14.8. The van der Waals surface area contributed by atoms with Crippen LogP contribution in [0.15, 0.2) is 30.5 Å². The lowest BCUT2D eigenvalue weighted by Crippen LogP contribution is -2.15. The number of aromatic nitrogens is 1. The molecule has 0 spiro atoms. The van der Waals surface area contributed by atoms with Crippen LogP contribution in [-0.2, 0) is 6.54 Å².